The summed E-state index contributed by atoms with van der Waals surface area (Å²) in [7, 11) is 0. The Labute approximate surface area is 135 Å². The first kappa shape index (κ1) is 14.2. The molecule has 0 bridgehead atoms. The minimum absolute atomic E-state index is 0.264. The van der Waals surface area contributed by atoms with Crippen LogP contribution in [0, 0.1) is 0 Å². The van der Waals surface area contributed by atoms with Gasteiger partial charge in [-0.05, 0) is 38.8 Å². The van der Waals surface area contributed by atoms with Crippen molar-refractivity contribution in [2.45, 2.75) is 6.54 Å². The second-order valence-corrected chi connectivity index (χ2v) is 5.90. The molecular formula is C16H12BrClN2O. The van der Waals surface area contributed by atoms with Gasteiger partial charge in [0.15, 0.2) is 5.15 Å². The van der Waals surface area contributed by atoms with Gasteiger partial charge >= 0.3 is 0 Å². The summed E-state index contributed by atoms with van der Waals surface area (Å²) in [4.78, 5) is 4.07. The number of pyridine rings is 1. The number of nitrogens with one attached hydrogen (secondary N) is 1. The molecule has 0 saturated heterocycles. The van der Waals surface area contributed by atoms with E-state index in [1.165, 1.54) is 0 Å². The quantitative estimate of drug-likeness (QED) is 0.646. The fraction of sp³-hybridized carbons (Fsp3) is 0.0625. The van der Waals surface area contributed by atoms with Crippen molar-refractivity contribution in [1.82, 2.24) is 4.98 Å². The van der Waals surface area contributed by atoms with E-state index < -0.39 is 0 Å². The van der Waals surface area contributed by atoms with Crippen LogP contribution < -0.4 is 5.32 Å². The molecule has 3 rings (SSSR count). The Balaban J connectivity index is 1.95. The van der Waals surface area contributed by atoms with Crippen LogP contribution >= 0.6 is 27.5 Å². The third-order valence-corrected chi connectivity index (χ3v) is 4.01. The summed E-state index contributed by atoms with van der Waals surface area (Å²) < 4.78 is 0.844. The summed E-state index contributed by atoms with van der Waals surface area (Å²) >= 11 is 9.43. The van der Waals surface area contributed by atoms with Gasteiger partial charge in [-0.2, -0.15) is 0 Å². The molecular weight excluding hydrogens is 352 g/mol. The molecule has 3 nitrogen and oxygen atoms in total. The van der Waals surface area contributed by atoms with E-state index in [2.05, 4.69) is 26.2 Å². The second-order valence-electron chi connectivity index (χ2n) is 4.63. The molecule has 1 aromatic heterocycles. The Morgan fingerprint density at radius 3 is 2.86 bits per heavy atom. The summed E-state index contributed by atoms with van der Waals surface area (Å²) in [5, 5.41) is 15.8. The van der Waals surface area contributed by atoms with Gasteiger partial charge in [0.05, 0.1) is 5.69 Å². The van der Waals surface area contributed by atoms with Gasteiger partial charge in [0.1, 0.15) is 5.75 Å². The number of nitrogens with zero attached hydrogens (tertiary/aromatic N) is 1. The Hall–Kier alpha value is -1.78. The van der Waals surface area contributed by atoms with Crippen LogP contribution in [0.5, 0.6) is 5.75 Å². The molecule has 0 aliphatic heterocycles. The van der Waals surface area contributed by atoms with E-state index >= 15 is 0 Å². The summed E-state index contributed by atoms with van der Waals surface area (Å²) in [6.07, 6.45) is 1.64. The number of hydrogen-bond acceptors (Lipinski definition) is 3. The van der Waals surface area contributed by atoms with E-state index in [0.717, 1.165) is 26.5 Å². The Kier molecular flexibility index (Phi) is 3.99. The normalized spacial score (nSPS) is 10.8. The predicted octanol–water partition coefficient (Wildman–Crippen LogP) is 4.97. The van der Waals surface area contributed by atoms with Gasteiger partial charge < -0.3 is 10.4 Å². The van der Waals surface area contributed by atoms with E-state index in [1.54, 1.807) is 12.3 Å². The number of benzene rings is 2. The number of rotatable bonds is 3. The lowest BCUT2D eigenvalue weighted by atomic mass is 10.0. The van der Waals surface area contributed by atoms with Gasteiger partial charge in [0.25, 0.3) is 0 Å². The van der Waals surface area contributed by atoms with Gasteiger partial charge in [-0.3, -0.25) is 0 Å². The third kappa shape index (κ3) is 2.96. The van der Waals surface area contributed by atoms with E-state index in [4.69, 9.17) is 11.6 Å². The van der Waals surface area contributed by atoms with Crippen molar-refractivity contribution in [3.63, 3.8) is 0 Å². The van der Waals surface area contributed by atoms with Crippen LogP contribution in [0.1, 0.15) is 5.56 Å². The monoisotopic (exact) mass is 362 g/mol. The Morgan fingerprint density at radius 2 is 2.00 bits per heavy atom. The average Bonchev–Trinajstić information content (AvgIpc) is 2.49. The van der Waals surface area contributed by atoms with Crippen LogP contribution in [0.4, 0.5) is 5.69 Å². The summed E-state index contributed by atoms with van der Waals surface area (Å²) in [6, 6.07) is 13.4. The smallest absolute Gasteiger partial charge is 0.152 e. The number of aromatic nitrogens is 1. The summed E-state index contributed by atoms with van der Waals surface area (Å²) in [5.74, 6) is 0.264. The largest absolute Gasteiger partial charge is 0.508 e. The van der Waals surface area contributed by atoms with Crippen molar-refractivity contribution < 1.29 is 5.11 Å². The molecule has 0 aliphatic rings. The number of halogens is 2. The molecule has 106 valence electrons. The first-order valence-corrected chi connectivity index (χ1v) is 7.57. The van der Waals surface area contributed by atoms with E-state index in [1.807, 2.05) is 36.4 Å². The molecule has 0 amide bonds. The first-order valence-electron chi connectivity index (χ1n) is 6.39. The number of fused-ring (bicyclic) bond motifs is 1. The van der Waals surface area contributed by atoms with Crippen molar-refractivity contribution in [3.8, 4) is 5.75 Å². The Bertz CT molecular complexity index is 807. The lowest BCUT2D eigenvalue weighted by molar-refractivity contribution is 0.470. The molecule has 0 radical (unpaired) electrons. The molecule has 0 unspecified atom stereocenters. The highest BCUT2D eigenvalue weighted by Crippen LogP contribution is 2.29. The van der Waals surface area contributed by atoms with E-state index in [-0.39, 0.29) is 5.75 Å². The zero-order chi connectivity index (χ0) is 14.8. The SMILES string of the molecule is Oc1ccc2ccccc2c1CNc1cc(Br)cnc1Cl. The van der Waals surface area contributed by atoms with Gasteiger partial charge in [0, 0.05) is 22.8 Å². The fourth-order valence-corrected chi connectivity index (χ4v) is 2.74. The lowest BCUT2D eigenvalue weighted by Crippen LogP contribution is -2.02. The third-order valence-electron chi connectivity index (χ3n) is 3.28. The number of phenolic OH excluding ortho intramolecular Hbond substituents is 1. The number of hydrogen-bond donors (Lipinski definition) is 2. The van der Waals surface area contributed by atoms with Crippen LogP contribution in [-0.2, 0) is 6.54 Å². The molecule has 21 heavy (non-hydrogen) atoms. The maximum absolute atomic E-state index is 10.1. The lowest BCUT2D eigenvalue weighted by Gasteiger charge is -2.12. The minimum atomic E-state index is 0.264. The van der Waals surface area contributed by atoms with Gasteiger partial charge in [0.2, 0.25) is 0 Å². The maximum Gasteiger partial charge on any atom is 0.152 e. The number of phenols is 1. The molecule has 5 heteroatoms. The molecule has 0 saturated carbocycles. The number of anilines is 1. The van der Waals surface area contributed by atoms with Crippen molar-refractivity contribution in [2.75, 3.05) is 5.32 Å². The molecule has 0 fully saturated rings. The maximum atomic E-state index is 10.1. The zero-order valence-electron chi connectivity index (χ0n) is 11.0. The number of aromatic hydroxyl groups is 1. The van der Waals surface area contributed by atoms with E-state index in [0.29, 0.717) is 11.7 Å². The highest BCUT2D eigenvalue weighted by Gasteiger charge is 2.08. The van der Waals surface area contributed by atoms with Gasteiger partial charge in [-0.15, -0.1) is 0 Å². The van der Waals surface area contributed by atoms with Gasteiger partial charge in [-0.25, -0.2) is 4.98 Å². The van der Waals surface area contributed by atoms with Crippen molar-refractivity contribution in [1.29, 1.82) is 0 Å². The standard InChI is InChI=1S/C16H12BrClN2O/c17-11-7-14(16(18)20-8-11)19-9-13-12-4-2-1-3-10(12)5-6-15(13)21/h1-8,19,21H,9H2. The van der Waals surface area contributed by atoms with Crippen LogP contribution in [0.25, 0.3) is 10.8 Å². The van der Waals surface area contributed by atoms with Crippen LogP contribution in [-0.4, -0.2) is 10.1 Å². The highest BCUT2D eigenvalue weighted by atomic mass is 79.9. The molecule has 0 aliphatic carbocycles. The molecule has 2 aromatic carbocycles. The van der Waals surface area contributed by atoms with Crippen molar-refractivity contribution >= 4 is 44.0 Å². The second kappa shape index (κ2) is 5.92. The average molecular weight is 364 g/mol. The molecule has 3 aromatic rings. The van der Waals surface area contributed by atoms with Crippen molar-refractivity contribution in [2.24, 2.45) is 0 Å². The van der Waals surface area contributed by atoms with E-state index in [9.17, 15) is 5.11 Å². The Morgan fingerprint density at radius 1 is 1.19 bits per heavy atom. The molecule has 0 atom stereocenters. The molecule has 1 heterocycles. The minimum Gasteiger partial charge on any atom is -0.508 e. The summed E-state index contributed by atoms with van der Waals surface area (Å²) in [5.41, 5.74) is 1.56. The zero-order valence-corrected chi connectivity index (χ0v) is 13.3. The molecule has 2 N–H and O–H groups in total. The molecule has 0 spiro atoms. The summed E-state index contributed by atoms with van der Waals surface area (Å²) in [6.45, 7) is 0.463. The first-order chi connectivity index (χ1) is 10.1. The van der Waals surface area contributed by atoms with Crippen molar-refractivity contribution in [3.05, 3.63) is 63.9 Å². The van der Waals surface area contributed by atoms with Gasteiger partial charge in [-0.1, -0.05) is 41.9 Å². The predicted molar refractivity (Wildman–Crippen MR) is 89.9 cm³/mol. The highest BCUT2D eigenvalue weighted by molar-refractivity contribution is 9.10. The van der Waals surface area contributed by atoms with Crippen LogP contribution in [0.2, 0.25) is 5.15 Å². The topological polar surface area (TPSA) is 45.1 Å². The van der Waals surface area contributed by atoms with Crippen LogP contribution in [0.3, 0.4) is 0 Å². The van der Waals surface area contributed by atoms with Crippen LogP contribution in [0.15, 0.2) is 53.1 Å². The fourth-order valence-electron chi connectivity index (χ4n) is 2.24.